The zero-order valence-electron chi connectivity index (χ0n) is 16.3. The molecule has 152 valence electrons. The highest BCUT2D eigenvalue weighted by molar-refractivity contribution is 9.10. The van der Waals surface area contributed by atoms with Gasteiger partial charge in [0.05, 0.1) is 6.42 Å². The van der Waals surface area contributed by atoms with Crippen molar-refractivity contribution in [3.63, 3.8) is 0 Å². The third-order valence-electron chi connectivity index (χ3n) is 4.75. The SMILES string of the molecule is CC(=O)Oc1cccc(C(=O)N2CCCN(C(=O)Cc3ccc(Br)cc3)CC2)c1. The topological polar surface area (TPSA) is 66.9 Å². The lowest BCUT2D eigenvalue weighted by Crippen LogP contribution is -2.38. The number of amides is 2. The number of hydrogen-bond donors (Lipinski definition) is 0. The molecule has 29 heavy (non-hydrogen) atoms. The molecule has 6 nitrogen and oxygen atoms in total. The summed E-state index contributed by atoms with van der Waals surface area (Å²) in [6.07, 6.45) is 1.08. The molecule has 1 saturated heterocycles. The molecular weight excluding hydrogens is 436 g/mol. The Morgan fingerprint density at radius 2 is 1.66 bits per heavy atom. The molecule has 0 atom stereocenters. The number of halogens is 1. The Labute approximate surface area is 178 Å². The first-order valence-corrected chi connectivity index (χ1v) is 10.3. The Morgan fingerprint density at radius 3 is 2.38 bits per heavy atom. The number of carbonyl (C=O) groups excluding carboxylic acids is 3. The van der Waals surface area contributed by atoms with Crippen molar-refractivity contribution in [2.45, 2.75) is 19.8 Å². The van der Waals surface area contributed by atoms with Crippen LogP contribution in [0, 0.1) is 0 Å². The van der Waals surface area contributed by atoms with Gasteiger partial charge < -0.3 is 14.5 Å². The van der Waals surface area contributed by atoms with Gasteiger partial charge in [-0.25, -0.2) is 0 Å². The molecule has 2 amide bonds. The van der Waals surface area contributed by atoms with Gasteiger partial charge in [0.25, 0.3) is 5.91 Å². The number of ether oxygens (including phenoxy) is 1. The van der Waals surface area contributed by atoms with E-state index in [-0.39, 0.29) is 11.8 Å². The van der Waals surface area contributed by atoms with E-state index in [1.54, 1.807) is 29.2 Å². The normalized spacial score (nSPS) is 14.3. The van der Waals surface area contributed by atoms with Crippen LogP contribution >= 0.6 is 15.9 Å². The molecule has 0 bridgehead atoms. The van der Waals surface area contributed by atoms with E-state index in [1.807, 2.05) is 29.2 Å². The molecule has 2 aromatic rings. The molecule has 0 radical (unpaired) electrons. The highest BCUT2D eigenvalue weighted by atomic mass is 79.9. The first-order chi connectivity index (χ1) is 13.9. The Morgan fingerprint density at radius 1 is 0.966 bits per heavy atom. The van der Waals surface area contributed by atoms with E-state index >= 15 is 0 Å². The van der Waals surface area contributed by atoms with Crippen molar-refractivity contribution in [2.24, 2.45) is 0 Å². The molecule has 0 saturated carbocycles. The number of hydrogen-bond acceptors (Lipinski definition) is 4. The highest BCUT2D eigenvalue weighted by Gasteiger charge is 2.23. The van der Waals surface area contributed by atoms with Crippen LogP contribution in [0.3, 0.4) is 0 Å². The van der Waals surface area contributed by atoms with Gasteiger partial charge in [-0.3, -0.25) is 14.4 Å². The fourth-order valence-electron chi connectivity index (χ4n) is 3.30. The smallest absolute Gasteiger partial charge is 0.308 e. The van der Waals surface area contributed by atoms with E-state index in [0.717, 1.165) is 16.5 Å². The van der Waals surface area contributed by atoms with Crippen LogP contribution in [0.5, 0.6) is 5.75 Å². The summed E-state index contributed by atoms with van der Waals surface area (Å²) in [5.41, 5.74) is 1.44. The lowest BCUT2D eigenvalue weighted by Gasteiger charge is -2.22. The Bertz CT molecular complexity index is 898. The van der Waals surface area contributed by atoms with Crippen molar-refractivity contribution < 1.29 is 19.1 Å². The van der Waals surface area contributed by atoms with E-state index < -0.39 is 5.97 Å². The van der Waals surface area contributed by atoms with E-state index in [9.17, 15) is 14.4 Å². The Balaban J connectivity index is 1.60. The number of benzene rings is 2. The summed E-state index contributed by atoms with van der Waals surface area (Å²) in [6.45, 7) is 3.52. The second kappa shape index (κ2) is 9.69. The minimum absolute atomic E-state index is 0.0680. The first-order valence-electron chi connectivity index (χ1n) is 9.52. The molecule has 1 fully saturated rings. The maximum atomic E-state index is 12.9. The summed E-state index contributed by atoms with van der Waals surface area (Å²) in [6, 6.07) is 14.3. The third-order valence-corrected chi connectivity index (χ3v) is 5.28. The lowest BCUT2D eigenvalue weighted by molar-refractivity contribution is -0.132. The van der Waals surface area contributed by atoms with Gasteiger partial charge in [-0.05, 0) is 42.3 Å². The van der Waals surface area contributed by atoms with Gasteiger partial charge in [-0.2, -0.15) is 0 Å². The molecule has 1 aliphatic heterocycles. The second-order valence-corrected chi connectivity index (χ2v) is 7.87. The van der Waals surface area contributed by atoms with Gasteiger partial charge in [0.15, 0.2) is 0 Å². The summed E-state index contributed by atoms with van der Waals surface area (Å²) in [5.74, 6) is -0.131. The van der Waals surface area contributed by atoms with Gasteiger partial charge >= 0.3 is 5.97 Å². The molecule has 0 spiro atoms. The fraction of sp³-hybridized carbons (Fsp3) is 0.318. The summed E-state index contributed by atoms with van der Waals surface area (Å²) >= 11 is 3.40. The Hall–Kier alpha value is -2.67. The van der Waals surface area contributed by atoms with Gasteiger partial charge in [-0.1, -0.05) is 34.1 Å². The molecule has 0 aliphatic carbocycles. The molecule has 1 heterocycles. The second-order valence-electron chi connectivity index (χ2n) is 6.95. The summed E-state index contributed by atoms with van der Waals surface area (Å²) < 4.78 is 6.05. The van der Waals surface area contributed by atoms with Crippen molar-refractivity contribution in [1.82, 2.24) is 9.80 Å². The summed E-state index contributed by atoms with van der Waals surface area (Å²) in [7, 11) is 0. The average Bonchev–Trinajstić information content (AvgIpc) is 2.95. The zero-order chi connectivity index (χ0) is 20.8. The van der Waals surface area contributed by atoms with Gasteiger partial charge in [0, 0.05) is 43.1 Å². The van der Waals surface area contributed by atoms with Crippen molar-refractivity contribution in [3.8, 4) is 5.75 Å². The largest absolute Gasteiger partial charge is 0.427 e. The first kappa shape index (κ1) is 21.0. The number of rotatable bonds is 4. The minimum atomic E-state index is -0.427. The number of nitrogens with zero attached hydrogens (tertiary/aromatic N) is 2. The molecule has 3 rings (SSSR count). The van der Waals surface area contributed by atoms with Crippen LogP contribution in [-0.2, 0) is 16.0 Å². The van der Waals surface area contributed by atoms with Gasteiger partial charge in [-0.15, -0.1) is 0 Å². The maximum Gasteiger partial charge on any atom is 0.308 e. The van der Waals surface area contributed by atoms with Gasteiger partial charge in [0.2, 0.25) is 5.91 Å². The number of carbonyl (C=O) groups is 3. The van der Waals surface area contributed by atoms with Crippen molar-refractivity contribution >= 4 is 33.7 Å². The summed E-state index contributed by atoms with van der Waals surface area (Å²) in [5, 5.41) is 0. The van der Waals surface area contributed by atoms with E-state index in [1.165, 1.54) is 6.92 Å². The lowest BCUT2D eigenvalue weighted by atomic mass is 10.1. The van der Waals surface area contributed by atoms with Crippen LogP contribution in [-0.4, -0.2) is 53.8 Å². The van der Waals surface area contributed by atoms with Crippen LogP contribution in [0.1, 0.15) is 29.3 Å². The number of esters is 1. The summed E-state index contributed by atoms with van der Waals surface area (Å²) in [4.78, 5) is 40.2. The minimum Gasteiger partial charge on any atom is -0.427 e. The van der Waals surface area contributed by atoms with Crippen molar-refractivity contribution in [3.05, 3.63) is 64.1 Å². The van der Waals surface area contributed by atoms with Crippen molar-refractivity contribution in [2.75, 3.05) is 26.2 Å². The average molecular weight is 459 g/mol. The van der Waals surface area contributed by atoms with Crippen LogP contribution < -0.4 is 4.74 Å². The molecule has 0 unspecified atom stereocenters. The van der Waals surface area contributed by atoms with Gasteiger partial charge in [0.1, 0.15) is 5.75 Å². The van der Waals surface area contributed by atoms with E-state index in [0.29, 0.717) is 43.9 Å². The predicted molar refractivity (Wildman–Crippen MR) is 113 cm³/mol. The Kier molecular flexibility index (Phi) is 7.04. The highest BCUT2D eigenvalue weighted by Crippen LogP contribution is 2.17. The third kappa shape index (κ3) is 5.90. The van der Waals surface area contributed by atoms with E-state index in [4.69, 9.17) is 4.74 Å². The molecule has 1 aliphatic rings. The van der Waals surface area contributed by atoms with Crippen LogP contribution in [0.4, 0.5) is 0 Å². The molecule has 0 aromatic heterocycles. The van der Waals surface area contributed by atoms with E-state index in [2.05, 4.69) is 15.9 Å². The monoisotopic (exact) mass is 458 g/mol. The van der Waals surface area contributed by atoms with Crippen LogP contribution in [0.15, 0.2) is 53.0 Å². The van der Waals surface area contributed by atoms with Crippen molar-refractivity contribution in [1.29, 1.82) is 0 Å². The van der Waals surface area contributed by atoms with Crippen LogP contribution in [0.2, 0.25) is 0 Å². The fourth-order valence-corrected chi connectivity index (χ4v) is 3.56. The maximum absolute atomic E-state index is 12.9. The predicted octanol–water partition coefficient (Wildman–Crippen LogP) is 3.29. The molecule has 0 N–H and O–H groups in total. The molecular formula is C22H23BrN2O4. The molecule has 7 heteroatoms. The van der Waals surface area contributed by atoms with Crippen LogP contribution in [0.25, 0.3) is 0 Å². The zero-order valence-corrected chi connectivity index (χ0v) is 17.9. The molecule has 2 aromatic carbocycles. The quantitative estimate of drug-likeness (QED) is 0.520. The standard InChI is InChI=1S/C22H23BrN2O4/c1-16(26)29-20-5-2-4-18(15-20)22(28)25-11-3-10-24(12-13-25)21(27)14-17-6-8-19(23)9-7-17/h2,4-9,15H,3,10-14H2,1H3.